The van der Waals surface area contributed by atoms with Crippen LogP contribution < -0.4 is 5.32 Å². The predicted octanol–water partition coefficient (Wildman–Crippen LogP) is 2.85. The molecule has 1 amide bonds. The highest BCUT2D eigenvalue weighted by molar-refractivity contribution is 5.95. The second-order valence-electron chi connectivity index (χ2n) is 5.49. The van der Waals surface area contributed by atoms with Gasteiger partial charge < -0.3 is 5.32 Å². The van der Waals surface area contributed by atoms with Crippen LogP contribution in [0.15, 0.2) is 48.7 Å². The monoisotopic (exact) mass is 266 g/mol. The highest BCUT2D eigenvalue weighted by Gasteiger charge is 2.45. The van der Waals surface area contributed by atoms with Crippen LogP contribution in [0.1, 0.15) is 34.5 Å². The van der Waals surface area contributed by atoms with Crippen molar-refractivity contribution in [3.05, 3.63) is 65.5 Å². The van der Waals surface area contributed by atoms with Gasteiger partial charge in [-0.25, -0.2) is 0 Å². The van der Waals surface area contributed by atoms with Crippen molar-refractivity contribution in [1.29, 1.82) is 0 Å². The third kappa shape index (κ3) is 2.44. The van der Waals surface area contributed by atoms with Gasteiger partial charge in [0.1, 0.15) is 0 Å². The van der Waals surface area contributed by atoms with Crippen molar-refractivity contribution in [2.45, 2.75) is 25.2 Å². The Morgan fingerprint density at radius 1 is 1.20 bits per heavy atom. The molecule has 0 saturated heterocycles. The maximum atomic E-state index is 12.2. The molecule has 1 fully saturated rings. The first kappa shape index (κ1) is 12.9. The fourth-order valence-corrected chi connectivity index (χ4v) is 2.52. The minimum absolute atomic E-state index is 0.00491. The van der Waals surface area contributed by atoms with Crippen molar-refractivity contribution < 1.29 is 4.79 Å². The lowest BCUT2D eigenvalue weighted by molar-refractivity contribution is 0.0949. The SMILES string of the molecule is Cc1ccccc1C(=O)NCC1(c2ccccn2)CC1. The van der Waals surface area contributed by atoms with Crippen LogP contribution >= 0.6 is 0 Å². The number of aromatic nitrogens is 1. The third-order valence-electron chi connectivity index (χ3n) is 4.04. The molecule has 1 heterocycles. The van der Waals surface area contributed by atoms with Gasteiger partial charge in [0.05, 0.1) is 0 Å². The smallest absolute Gasteiger partial charge is 0.251 e. The lowest BCUT2D eigenvalue weighted by Gasteiger charge is -2.16. The molecule has 2 aromatic rings. The van der Waals surface area contributed by atoms with Gasteiger partial charge in [-0.05, 0) is 43.5 Å². The van der Waals surface area contributed by atoms with E-state index in [4.69, 9.17) is 0 Å². The molecule has 0 unspecified atom stereocenters. The number of hydrogen-bond acceptors (Lipinski definition) is 2. The van der Waals surface area contributed by atoms with Crippen LogP contribution in [0.25, 0.3) is 0 Å². The normalized spacial score (nSPS) is 15.7. The molecule has 1 saturated carbocycles. The van der Waals surface area contributed by atoms with Gasteiger partial charge in [0.2, 0.25) is 0 Å². The van der Waals surface area contributed by atoms with Crippen LogP contribution in [0.5, 0.6) is 0 Å². The summed E-state index contributed by atoms with van der Waals surface area (Å²) in [5, 5.41) is 3.06. The number of pyridine rings is 1. The Morgan fingerprint density at radius 2 is 1.95 bits per heavy atom. The Labute approximate surface area is 119 Å². The molecule has 1 aliphatic rings. The van der Waals surface area contributed by atoms with Crippen LogP contribution in [-0.2, 0) is 5.41 Å². The molecule has 3 nitrogen and oxygen atoms in total. The Balaban J connectivity index is 1.69. The molecule has 0 bridgehead atoms. The second-order valence-corrected chi connectivity index (χ2v) is 5.49. The van der Waals surface area contributed by atoms with E-state index in [-0.39, 0.29) is 11.3 Å². The third-order valence-corrected chi connectivity index (χ3v) is 4.04. The van der Waals surface area contributed by atoms with Crippen molar-refractivity contribution in [3.63, 3.8) is 0 Å². The van der Waals surface area contributed by atoms with Gasteiger partial charge >= 0.3 is 0 Å². The highest BCUT2D eigenvalue weighted by Crippen LogP contribution is 2.46. The van der Waals surface area contributed by atoms with E-state index in [1.807, 2.05) is 55.6 Å². The van der Waals surface area contributed by atoms with E-state index in [2.05, 4.69) is 10.3 Å². The molecule has 0 aliphatic heterocycles. The van der Waals surface area contributed by atoms with Crippen LogP contribution in [0.2, 0.25) is 0 Å². The molecule has 0 atom stereocenters. The maximum Gasteiger partial charge on any atom is 0.251 e. The number of amides is 1. The van der Waals surface area contributed by atoms with Gasteiger partial charge in [-0.2, -0.15) is 0 Å². The molecular weight excluding hydrogens is 248 g/mol. The number of carbonyl (C=O) groups is 1. The number of aryl methyl sites for hydroxylation is 1. The molecule has 1 aromatic carbocycles. The number of benzene rings is 1. The summed E-state index contributed by atoms with van der Waals surface area (Å²) in [6, 6.07) is 13.6. The number of nitrogens with zero attached hydrogens (tertiary/aromatic N) is 1. The van der Waals surface area contributed by atoms with Crippen LogP contribution in [0.4, 0.5) is 0 Å². The summed E-state index contributed by atoms with van der Waals surface area (Å²) in [7, 11) is 0. The van der Waals surface area contributed by atoms with E-state index in [1.165, 1.54) is 0 Å². The van der Waals surface area contributed by atoms with Crippen molar-refractivity contribution in [2.75, 3.05) is 6.54 Å². The topological polar surface area (TPSA) is 42.0 Å². The maximum absolute atomic E-state index is 12.2. The summed E-state index contributed by atoms with van der Waals surface area (Å²) < 4.78 is 0. The molecule has 3 heteroatoms. The van der Waals surface area contributed by atoms with E-state index in [0.717, 1.165) is 29.7 Å². The summed E-state index contributed by atoms with van der Waals surface area (Å²) in [6.07, 6.45) is 4.01. The van der Waals surface area contributed by atoms with Gasteiger partial charge in [-0.15, -0.1) is 0 Å². The molecular formula is C17H18N2O. The summed E-state index contributed by atoms with van der Waals surface area (Å²) in [5.41, 5.74) is 2.90. The first-order valence-electron chi connectivity index (χ1n) is 6.97. The minimum atomic E-state index is 0.00491. The van der Waals surface area contributed by atoms with E-state index in [0.29, 0.717) is 6.54 Å². The Morgan fingerprint density at radius 3 is 2.60 bits per heavy atom. The fraction of sp³-hybridized carbons (Fsp3) is 0.294. The summed E-state index contributed by atoms with van der Waals surface area (Å²) in [5.74, 6) is 0.00491. The molecule has 1 aliphatic carbocycles. The van der Waals surface area contributed by atoms with Gasteiger partial charge in [-0.1, -0.05) is 24.3 Å². The minimum Gasteiger partial charge on any atom is -0.351 e. The lowest BCUT2D eigenvalue weighted by atomic mass is 10.0. The van der Waals surface area contributed by atoms with Gasteiger partial charge in [0.15, 0.2) is 0 Å². The summed E-state index contributed by atoms with van der Waals surface area (Å²) >= 11 is 0. The van der Waals surface area contributed by atoms with Crippen LogP contribution in [-0.4, -0.2) is 17.4 Å². The Bertz CT molecular complexity index is 618. The quantitative estimate of drug-likeness (QED) is 0.924. The number of hydrogen-bond donors (Lipinski definition) is 1. The van der Waals surface area contributed by atoms with Gasteiger partial charge in [0.25, 0.3) is 5.91 Å². The van der Waals surface area contributed by atoms with Gasteiger partial charge in [0, 0.05) is 29.4 Å². The van der Waals surface area contributed by atoms with E-state index >= 15 is 0 Å². The first-order valence-corrected chi connectivity index (χ1v) is 6.97. The highest BCUT2D eigenvalue weighted by atomic mass is 16.1. The van der Waals surface area contributed by atoms with Crippen LogP contribution in [0.3, 0.4) is 0 Å². The van der Waals surface area contributed by atoms with Crippen molar-refractivity contribution >= 4 is 5.91 Å². The lowest BCUT2D eigenvalue weighted by Crippen LogP contribution is -2.33. The molecule has 3 rings (SSSR count). The molecule has 1 aromatic heterocycles. The zero-order valence-corrected chi connectivity index (χ0v) is 11.6. The largest absolute Gasteiger partial charge is 0.351 e. The van der Waals surface area contributed by atoms with Gasteiger partial charge in [-0.3, -0.25) is 9.78 Å². The zero-order valence-electron chi connectivity index (χ0n) is 11.6. The number of carbonyl (C=O) groups excluding carboxylic acids is 1. The summed E-state index contributed by atoms with van der Waals surface area (Å²) in [6.45, 7) is 2.62. The van der Waals surface area contributed by atoms with E-state index in [1.54, 1.807) is 0 Å². The van der Waals surface area contributed by atoms with Crippen LogP contribution in [0, 0.1) is 6.92 Å². The molecule has 20 heavy (non-hydrogen) atoms. The van der Waals surface area contributed by atoms with Crippen molar-refractivity contribution in [2.24, 2.45) is 0 Å². The van der Waals surface area contributed by atoms with Crippen molar-refractivity contribution in [3.8, 4) is 0 Å². The molecule has 1 N–H and O–H groups in total. The molecule has 0 radical (unpaired) electrons. The Kier molecular flexibility index (Phi) is 3.26. The zero-order chi connectivity index (χ0) is 14.0. The first-order chi connectivity index (χ1) is 9.71. The predicted molar refractivity (Wildman–Crippen MR) is 78.7 cm³/mol. The average molecular weight is 266 g/mol. The summed E-state index contributed by atoms with van der Waals surface area (Å²) in [4.78, 5) is 16.7. The standard InChI is InChI=1S/C17H18N2O/c1-13-6-2-3-7-14(13)16(20)19-12-17(9-10-17)15-8-4-5-11-18-15/h2-8,11H,9-10,12H2,1H3,(H,19,20). The fourth-order valence-electron chi connectivity index (χ4n) is 2.52. The van der Waals surface area contributed by atoms with Crippen molar-refractivity contribution in [1.82, 2.24) is 10.3 Å². The Hall–Kier alpha value is -2.16. The molecule has 102 valence electrons. The number of nitrogens with one attached hydrogen (secondary N) is 1. The number of rotatable bonds is 4. The average Bonchev–Trinajstić information content (AvgIpc) is 3.27. The van der Waals surface area contributed by atoms with E-state index in [9.17, 15) is 4.79 Å². The van der Waals surface area contributed by atoms with E-state index < -0.39 is 0 Å². The second kappa shape index (κ2) is 5.08. The molecule has 0 spiro atoms.